The second kappa shape index (κ2) is 6.75. The lowest BCUT2D eigenvalue weighted by atomic mass is 9.90. The van der Waals surface area contributed by atoms with Gasteiger partial charge in [0.1, 0.15) is 13.1 Å². The number of morpholine rings is 1. The van der Waals surface area contributed by atoms with Crippen molar-refractivity contribution in [2.24, 2.45) is 5.73 Å². The van der Waals surface area contributed by atoms with E-state index >= 15 is 0 Å². The van der Waals surface area contributed by atoms with E-state index in [9.17, 15) is 14.4 Å². The third-order valence-corrected chi connectivity index (χ3v) is 3.92. The summed E-state index contributed by atoms with van der Waals surface area (Å²) in [4.78, 5) is 37.1. The molecule has 0 spiro atoms. The molecule has 1 saturated carbocycles. The van der Waals surface area contributed by atoms with Crippen LogP contribution in [0.15, 0.2) is 0 Å². The number of ether oxygens (including phenoxy) is 1. The van der Waals surface area contributed by atoms with Crippen LogP contribution in [0.3, 0.4) is 0 Å². The first-order valence-corrected chi connectivity index (χ1v) is 7.16. The van der Waals surface area contributed by atoms with Gasteiger partial charge in [0.05, 0.1) is 18.8 Å². The van der Waals surface area contributed by atoms with Crippen LogP contribution in [-0.2, 0) is 14.3 Å². The van der Waals surface area contributed by atoms with Crippen LogP contribution in [0.4, 0.5) is 4.79 Å². The number of carboxylic acids is 1. The zero-order valence-electron chi connectivity index (χ0n) is 11.9. The Morgan fingerprint density at radius 2 is 1.95 bits per heavy atom. The number of nitrogens with zero attached hydrogens (tertiary/aromatic N) is 2. The molecule has 1 aliphatic heterocycles. The normalized spacial score (nSPS) is 25.0. The number of aliphatic carboxylic acids is 1. The summed E-state index contributed by atoms with van der Waals surface area (Å²) in [7, 11) is 0. The Morgan fingerprint density at radius 1 is 1.24 bits per heavy atom. The molecule has 1 saturated heterocycles. The number of hydrogen-bond acceptors (Lipinski definition) is 4. The highest BCUT2D eigenvalue weighted by Crippen LogP contribution is 2.29. The number of carboxylic acid groups (broad SMARTS) is 1. The first-order valence-electron chi connectivity index (χ1n) is 7.16. The zero-order chi connectivity index (χ0) is 15.4. The first-order chi connectivity index (χ1) is 9.99. The average Bonchev–Trinajstić information content (AvgIpc) is 2.44. The van der Waals surface area contributed by atoms with Crippen LogP contribution in [0.2, 0.25) is 0 Å². The van der Waals surface area contributed by atoms with Gasteiger partial charge in [0, 0.05) is 6.54 Å². The van der Waals surface area contributed by atoms with Crippen LogP contribution in [0.25, 0.3) is 0 Å². The molecule has 2 fully saturated rings. The van der Waals surface area contributed by atoms with Gasteiger partial charge in [0.2, 0.25) is 5.91 Å². The van der Waals surface area contributed by atoms with Crippen LogP contribution in [0.5, 0.6) is 0 Å². The maximum absolute atomic E-state index is 12.5. The van der Waals surface area contributed by atoms with E-state index < -0.39 is 24.5 Å². The predicted molar refractivity (Wildman–Crippen MR) is 72.5 cm³/mol. The molecular weight excluding hydrogens is 278 g/mol. The fourth-order valence-electron chi connectivity index (χ4n) is 3.06. The van der Waals surface area contributed by atoms with Gasteiger partial charge in [-0.05, 0) is 12.8 Å². The summed E-state index contributed by atoms with van der Waals surface area (Å²) in [6, 6.07) is -0.486. The van der Waals surface area contributed by atoms with Gasteiger partial charge >= 0.3 is 12.0 Å². The minimum Gasteiger partial charge on any atom is -0.480 e. The van der Waals surface area contributed by atoms with Gasteiger partial charge in [-0.2, -0.15) is 0 Å². The van der Waals surface area contributed by atoms with E-state index in [0.29, 0.717) is 13.2 Å². The highest BCUT2D eigenvalue weighted by Gasteiger charge is 2.38. The van der Waals surface area contributed by atoms with Gasteiger partial charge in [-0.1, -0.05) is 12.8 Å². The van der Waals surface area contributed by atoms with E-state index in [2.05, 4.69) is 0 Å². The third-order valence-electron chi connectivity index (χ3n) is 3.92. The number of carbonyl (C=O) groups excluding carboxylic acids is 2. The molecule has 8 heteroatoms. The van der Waals surface area contributed by atoms with Crippen LogP contribution in [0, 0.1) is 0 Å². The monoisotopic (exact) mass is 299 g/mol. The summed E-state index contributed by atoms with van der Waals surface area (Å²) in [6.45, 7) is -0.0737. The molecule has 2 aliphatic rings. The van der Waals surface area contributed by atoms with Crippen molar-refractivity contribution in [3.05, 3.63) is 0 Å². The van der Waals surface area contributed by atoms with E-state index in [1.165, 1.54) is 0 Å². The molecule has 1 aliphatic carbocycles. The van der Waals surface area contributed by atoms with Crippen molar-refractivity contribution >= 4 is 17.9 Å². The van der Waals surface area contributed by atoms with Crippen molar-refractivity contribution in [3.63, 3.8) is 0 Å². The van der Waals surface area contributed by atoms with Crippen LogP contribution >= 0.6 is 0 Å². The van der Waals surface area contributed by atoms with E-state index in [-0.39, 0.29) is 18.7 Å². The maximum Gasteiger partial charge on any atom is 0.323 e. The number of amides is 3. The molecule has 2 atom stereocenters. The first kappa shape index (κ1) is 15.6. The second-order valence-corrected chi connectivity index (χ2v) is 5.45. The molecule has 21 heavy (non-hydrogen) atoms. The van der Waals surface area contributed by atoms with E-state index in [1.807, 2.05) is 0 Å². The number of fused-ring (bicyclic) bond motifs is 1. The molecule has 2 unspecified atom stereocenters. The van der Waals surface area contributed by atoms with Gasteiger partial charge in [0.15, 0.2) is 0 Å². The van der Waals surface area contributed by atoms with E-state index in [0.717, 1.165) is 30.6 Å². The molecule has 0 bridgehead atoms. The van der Waals surface area contributed by atoms with Crippen molar-refractivity contribution in [2.45, 2.75) is 37.8 Å². The number of nitrogens with two attached hydrogens (primary N) is 1. The zero-order valence-corrected chi connectivity index (χ0v) is 11.9. The van der Waals surface area contributed by atoms with Gasteiger partial charge in [-0.3, -0.25) is 9.59 Å². The predicted octanol–water partition coefficient (Wildman–Crippen LogP) is -0.378. The Kier molecular flexibility index (Phi) is 5.00. The summed E-state index contributed by atoms with van der Waals surface area (Å²) in [5.41, 5.74) is 5.10. The lowest BCUT2D eigenvalue weighted by molar-refractivity contribution is -0.138. The quantitative estimate of drug-likeness (QED) is 0.734. The molecule has 0 aromatic heterocycles. The molecule has 0 aromatic rings. The Labute approximate surface area is 122 Å². The molecule has 3 N–H and O–H groups in total. The molecule has 8 nitrogen and oxygen atoms in total. The minimum atomic E-state index is -1.17. The number of urea groups is 1. The highest BCUT2D eigenvalue weighted by atomic mass is 16.5. The number of carbonyl (C=O) groups is 3. The molecule has 118 valence electrons. The number of hydrogen-bond donors (Lipinski definition) is 2. The Morgan fingerprint density at radius 3 is 2.62 bits per heavy atom. The number of primary amides is 1. The largest absolute Gasteiger partial charge is 0.480 e. The van der Waals surface area contributed by atoms with Crippen molar-refractivity contribution in [1.82, 2.24) is 9.80 Å². The topological polar surface area (TPSA) is 113 Å². The summed E-state index contributed by atoms with van der Waals surface area (Å²) in [5, 5.41) is 8.89. The molecule has 0 aromatic carbocycles. The van der Waals surface area contributed by atoms with Gasteiger partial charge < -0.3 is 25.4 Å². The van der Waals surface area contributed by atoms with Gasteiger partial charge in [0.25, 0.3) is 0 Å². The van der Waals surface area contributed by atoms with E-state index in [4.69, 9.17) is 15.6 Å². The Hall–Kier alpha value is -1.83. The van der Waals surface area contributed by atoms with Crippen LogP contribution in [-0.4, -0.2) is 71.2 Å². The van der Waals surface area contributed by atoms with Crippen LogP contribution in [0.1, 0.15) is 25.7 Å². The van der Waals surface area contributed by atoms with Gasteiger partial charge in [-0.25, -0.2) is 4.79 Å². The molecular formula is C13H21N3O5. The minimum absolute atomic E-state index is 0.0108. The fourth-order valence-corrected chi connectivity index (χ4v) is 3.06. The van der Waals surface area contributed by atoms with Crippen molar-refractivity contribution in [2.75, 3.05) is 26.2 Å². The molecule has 1 heterocycles. The summed E-state index contributed by atoms with van der Waals surface area (Å²) < 4.78 is 5.68. The lowest BCUT2D eigenvalue weighted by Gasteiger charge is -2.45. The smallest absolute Gasteiger partial charge is 0.323 e. The molecule has 0 radical (unpaired) electrons. The summed E-state index contributed by atoms with van der Waals surface area (Å²) >= 11 is 0. The fraction of sp³-hybridized carbons (Fsp3) is 0.769. The van der Waals surface area contributed by atoms with Crippen LogP contribution < -0.4 is 5.73 Å². The second-order valence-electron chi connectivity index (χ2n) is 5.45. The number of rotatable bonds is 4. The average molecular weight is 299 g/mol. The standard InChI is InChI=1S/C13H21N3O5/c14-11(17)7-15(8-12(18)19)13(20)16-5-6-21-10-4-2-1-3-9(10)16/h9-10H,1-8H2,(H2,14,17)(H,18,19). The van der Waals surface area contributed by atoms with Crippen molar-refractivity contribution in [1.29, 1.82) is 0 Å². The Balaban J connectivity index is 2.10. The SMILES string of the molecule is NC(=O)CN(CC(=O)O)C(=O)N1CCOC2CCCCC21. The van der Waals surface area contributed by atoms with Crippen molar-refractivity contribution in [3.8, 4) is 0 Å². The summed E-state index contributed by atoms with van der Waals surface area (Å²) in [5.74, 6) is -1.89. The maximum atomic E-state index is 12.5. The third kappa shape index (κ3) is 3.84. The summed E-state index contributed by atoms with van der Waals surface area (Å²) in [6.07, 6.45) is 3.85. The van der Waals surface area contributed by atoms with Gasteiger partial charge in [-0.15, -0.1) is 0 Å². The van der Waals surface area contributed by atoms with Crippen molar-refractivity contribution < 1.29 is 24.2 Å². The molecule has 2 rings (SSSR count). The lowest BCUT2D eigenvalue weighted by Crippen LogP contribution is -2.59. The highest BCUT2D eigenvalue weighted by molar-refractivity contribution is 5.86. The Bertz CT molecular complexity index is 410. The van der Waals surface area contributed by atoms with E-state index in [1.54, 1.807) is 4.90 Å². The molecule has 3 amide bonds.